The summed E-state index contributed by atoms with van der Waals surface area (Å²) >= 11 is 0. The fourth-order valence-corrected chi connectivity index (χ4v) is 2.89. The number of rotatable bonds is 5. The van der Waals surface area contributed by atoms with Gasteiger partial charge in [-0.05, 0) is 12.8 Å². The lowest BCUT2D eigenvalue weighted by Crippen LogP contribution is -2.20. The van der Waals surface area contributed by atoms with Gasteiger partial charge in [-0.15, -0.1) is 0 Å². The largest absolute Gasteiger partial charge is 0.311 e. The highest BCUT2D eigenvalue weighted by atomic mass is 32.2. The second-order valence-electron chi connectivity index (χ2n) is 5.03. The van der Waals surface area contributed by atoms with Crippen molar-refractivity contribution in [2.45, 2.75) is 38.1 Å². The van der Waals surface area contributed by atoms with E-state index >= 15 is 0 Å². The van der Waals surface area contributed by atoms with E-state index < -0.39 is 9.84 Å². The van der Waals surface area contributed by atoms with Crippen LogP contribution in [0.4, 0.5) is 5.82 Å². The van der Waals surface area contributed by atoms with Crippen molar-refractivity contribution in [1.29, 1.82) is 0 Å². The number of aromatic nitrogens is 2. The number of nitrogens with one attached hydrogen (secondary N) is 1. The van der Waals surface area contributed by atoms with Crippen molar-refractivity contribution in [2.75, 3.05) is 17.3 Å². The summed E-state index contributed by atoms with van der Waals surface area (Å²) in [6, 6.07) is 2.09. The van der Waals surface area contributed by atoms with Gasteiger partial charge in [0.15, 0.2) is 0 Å². The number of hydrogen-bond donors (Lipinski definition) is 1. The Balaban J connectivity index is 1.95. The normalized spacial score (nSPS) is 16.7. The highest BCUT2D eigenvalue weighted by molar-refractivity contribution is 7.90. The third kappa shape index (κ3) is 4.05. The van der Waals surface area contributed by atoms with Gasteiger partial charge in [0.1, 0.15) is 15.7 Å². The van der Waals surface area contributed by atoms with E-state index in [9.17, 15) is 13.2 Å². The number of carbonyl (C=O) groups is 1. The van der Waals surface area contributed by atoms with Crippen LogP contribution in [-0.2, 0) is 14.6 Å². The smallest absolute Gasteiger partial charge is 0.226 e. The number of hydrogen-bond acceptors (Lipinski definition) is 4. The Bertz CT molecular complexity index is 544. The van der Waals surface area contributed by atoms with E-state index in [2.05, 4.69) is 10.4 Å². The molecule has 0 atom stereocenters. The second kappa shape index (κ2) is 5.73. The van der Waals surface area contributed by atoms with Gasteiger partial charge in [-0.1, -0.05) is 12.8 Å². The lowest BCUT2D eigenvalue weighted by molar-refractivity contribution is -0.115. The molecule has 0 radical (unpaired) electrons. The molecule has 0 bridgehead atoms. The highest BCUT2D eigenvalue weighted by Crippen LogP contribution is 2.31. The fourth-order valence-electron chi connectivity index (χ4n) is 2.34. The van der Waals surface area contributed by atoms with E-state index in [0.29, 0.717) is 11.9 Å². The van der Waals surface area contributed by atoms with Crippen LogP contribution in [0.3, 0.4) is 0 Å². The molecule has 1 aliphatic rings. The standard InChI is InChI=1S/C12H19N3O3S/c1-19(17,18)9-7-12(16)14-11-6-8-13-15(11)10-4-2-3-5-10/h6,8,10H,2-5,7,9H2,1H3,(H,14,16). The fraction of sp³-hybridized carbons (Fsp3) is 0.667. The predicted molar refractivity (Wildman–Crippen MR) is 72.7 cm³/mol. The van der Waals surface area contributed by atoms with Crippen LogP contribution in [-0.4, -0.2) is 36.1 Å². The maximum atomic E-state index is 11.7. The minimum atomic E-state index is -3.11. The molecular weight excluding hydrogens is 266 g/mol. The molecular formula is C12H19N3O3S. The molecule has 106 valence electrons. The Labute approximate surface area is 113 Å². The van der Waals surface area contributed by atoms with Crippen molar-refractivity contribution in [1.82, 2.24) is 9.78 Å². The number of anilines is 1. The molecule has 1 amide bonds. The summed E-state index contributed by atoms with van der Waals surface area (Å²) in [4.78, 5) is 11.7. The minimum Gasteiger partial charge on any atom is -0.311 e. The first-order chi connectivity index (χ1) is 8.96. The van der Waals surface area contributed by atoms with Crippen molar-refractivity contribution < 1.29 is 13.2 Å². The molecule has 0 spiro atoms. The Morgan fingerprint density at radius 3 is 2.79 bits per heavy atom. The summed E-state index contributed by atoms with van der Waals surface area (Å²) in [5.41, 5.74) is 0. The average molecular weight is 285 g/mol. The number of carbonyl (C=O) groups excluding carboxylic acids is 1. The summed E-state index contributed by atoms with van der Waals surface area (Å²) in [5, 5.41) is 6.98. The van der Waals surface area contributed by atoms with Gasteiger partial charge in [-0.3, -0.25) is 4.79 Å². The van der Waals surface area contributed by atoms with E-state index in [1.165, 1.54) is 12.8 Å². The molecule has 1 aliphatic carbocycles. The van der Waals surface area contributed by atoms with Crippen molar-refractivity contribution in [2.24, 2.45) is 0 Å². The van der Waals surface area contributed by atoms with Crippen LogP contribution in [0.25, 0.3) is 0 Å². The van der Waals surface area contributed by atoms with Crippen molar-refractivity contribution in [3.05, 3.63) is 12.3 Å². The van der Waals surface area contributed by atoms with Crippen LogP contribution in [0, 0.1) is 0 Å². The van der Waals surface area contributed by atoms with Gasteiger partial charge in [-0.25, -0.2) is 13.1 Å². The van der Waals surface area contributed by atoms with Crippen LogP contribution in [0.1, 0.15) is 38.1 Å². The first-order valence-electron chi connectivity index (χ1n) is 6.47. The molecule has 1 aromatic rings. The molecule has 1 saturated carbocycles. The first-order valence-corrected chi connectivity index (χ1v) is 8.53. The molecule has 1 aromatic heterocycles. The SMILES string of the molecule is CS(=O)(=O)CCC(=O)Nc1ccnn1C1CCCC1. The van der Waals surface area contributed by atoms with E-state index in [1.54, 1.807) is 12.3 Å². The summed E-state index contributed by atoms with van der Waals surface area (Å²) < 4.78 is 23.9. The second-order valence-corrected chi connectivity index (χ2v) is 7.29. The summed E-state index contributed by atoms with van der Waals surface area (Å²) in [7, 11) is -3.11. The lowest BCUT2D eigenvalue weighted by Gasteiger charge is -2.14. The Hall–Kier alpha value is -1.37. The summed E-state index contributed by atoms with van der Waals surface area (Å²) in [5.74, 6) is 0.242. The maximum absolute atomic E-state index is 11.7. The van der Waals surface area contributed by atoms with E-state index in [4.69, 9.17) is 0 Å². The Morgan fingerprint density at radius 2 is 2.16 bits per heavy atom. The van der Waals surface area contributed by atoms with Crippen LogP contribution in [0.2, 0.25) is 0 Å². The number of sulfone groups is 1. The minimum absolute atomic E-state index is 0.0192. The molecule has 0 unspecified atom stereocenters. The Kier molecular flexibility index (Phi) is 4.24. The Morgan fingerprint density at radius 1 is 1.47 bits per heavy atom. The number of amides is 1. The van der Waals surface area contributed by atoms with Crippen LogP contribution in [0.15, 0.2) is 12.3 Å². The van der Waals surface area contributed by atoms with Gasteiger partial charge < -0.3 is 5.32 Å². The van der Waals surface area contributed by atoms with Crippen LogP contribution in [0.5, 0.6) is 0 Å². The molecule has 7 heteroatoms. The molecule has 6 nitrogen and oxygen atoms in total. The predicted octanol–water partition coefficient (Wildman–Crippen LogP) is 1.37. The topological polar surface area (TPSA) is 81.1 Å². The van der Waals surface area contributed by atoms with Gasteiger partial charge in [0.25, 0.3) is 0 Å². The zero-order valence-corrected chi connectivity index (χ0v) is 11.8. The van der Waals surface area contributed by atoms with Crippen molar-refractivity contribution in [3.63, 3.8) is 0 Å². The molecule has 0 saturated heterocycles. The summed E-state index contributed by atoms with van der Waals surface area (Å²) in [6.45, 7) is 0. The third-order valence-corrected chi connectivity index (χ3v) is 4.25. The molecule has 1 heterocycles. The molecule has 1 fully saturated rings. The maximum Gasteiger partial charge on any atom is 0.226 e. The van der Waals surface area contributed by atoms with Gasteiger partial charge in [-0.2, -0.15) is 5.10 Å². The lowest BCUT2D eigenvalue weighted by atomic mass is 10.2. The van der Waals surface area contributed by atoms with Gasteiger partial charge in [0.05, 0.1) is 18.0 Å². The van der Waals surface area contributed by atoms with Crippen LogP contribution < -0.4 is 5.32 Å². The van der Waals surface area contributed by atoms with Crippen molar-refractivity contribution in [3.8, 4) is 0 Å². The van der Waals surface area contributed by atoms with Crippen molar-refractivity contribution >= 4 is 21.6 Å². The molecule has 19 heavy (non-hydrogen) atoms. The van der Waals surface area contributed by atoms with E-state index in [0.717, 1.165) is 19.1 Å². The summed E-state index contributed by atoms with van der Waals surface area (Å²) in [6.07, 6.45) is 7.29. The van der Waals surface area contributed by atoms with Gasteiger partial charge in [0, 0.05) is 18.7 Å². The van der Waals surface area contributed by atoms with Gasteiger partial charge in [0.2, 0.25) is 5.91 Å². The number of nitrogens with zero attached hydrogens (tertiary/aromatic N) is 2. The average Bonchev–Trinajstić information content (AvgIpc) is 2.94. The van der Waals surface area contributed by atoms with E-state index in [-0.39, 0.29) is 18.1 Å². The van der Waals surface area contributed by atoms with E-state index in [1.807, 2.05) is 4.68 Å². The molecule has 0 aliphatic heterocycles. The quantitative estimate of drug-likeness (QED) is 0.886. The highest BCUT2D eigenvalue weighted by Gasteiger charge is 2.20. The molecule has 1 N–H and O–H groups in total. The zero-order chi connectivity index (χ0) is 13.9. The van der Waals surface area contributed by atoms with Crippen LogP contribution >= 0.6 is 0 Å². The monoisotopic (exact) mass is 285 g/mol. The first kappa shape index (κ1) is 14.0. The third-order valence-electron chi connectivity index (χ3n) is 3.31. The molecule has 2 rings (SSSR count). The van der Waals surface area contributed by atoms with Gasteiger partial charge >= 0.3 is 0 Å². The molecule has 0 aromatic carbocycles. The zero-order valence-electron chi connectivity index (χ0n) is 11.0.